The monoisotopic (exact) mass is 462 g/mol. The second-order valence-corrected chi connectivity index (χ2v) is 10.7. The molecule has 6 aliphatic rings. The second-order valence-electron chi connectivity index (χ2n) is 10.7. The molecule has 4 saturated carbocycles. The number of ether oxygens (including phenoxy) is 3. The van der Waals surface area contributed by atoms with Gasteiger partial charge in [0.15, 0.2) is 5.60 Å². The fourth-order valence-electron chi connectivity index (χ4n) is 7.62. The molecular formula is C25H34O8. The maximum atomic E-state index is 10.4. The SMILES string of the molecule is CCC1OC(Oc2cccc(C3(OC)OOC34C3CC5CC(C3)CC4C5)c2)C(O)C(O)C1O. The van der Waals surface area contributed by atoms with E-state index in [1.165, 1.54) is 6.42 Å². The van der Waals surface area contributed by atoms with E-state index in [1.807, 2.05) is 25.1 Å². The van der Waals surface area contributed by atoms with E-state index in [-0.39, 0.29) is 0 Å². The Kier molecular flexibility index (Phi) is 5.31. The van der Waals surface area contributed by atoms with Crippen LogP contribution in [0.25, 0.3) is 0 Å². The van der Waals surface area contributed by atoms with Gasteiger partial charge in [-0.15, -0.1) is 0 Å². The van der Waals surface area contributed by atoms with Crippen LogP contribution in [0.4, 0.5) is 0 Å². The summed E-state index contributed by atoms with van der Waals surface area (Å²) in [6.45, 7) is 1.84. The summed E-state index contributed by atoms with van der Waals surface area (Å²) in [4.78, 5) is 11.9. The lowest BCUT2D eigenvalue weighted by Gasteiger charge is -2.68. The molecule has 6 atom stereocenters. The van der Waals surface area contributed by atoms with Crippen molar-refractivity contribution < 1.29 is 39.3 Å². The molecular weight excluding hydrogens is 428 g/mol. The summed E-state index contributed by atoms with van der Waals surface area (Å²) < 4.78 is 17.8. The fraction of sp³-hybridized carbons (Fsp3) is 0.760. The Morgan fingerprint density at radius 2 is 1.64 bits per heavy atom. The summed E-state index contributed by atoms with van der Waals surface area (Å²) in [5.74, 6) is 1.81. The number of hydrogen-bond donors (Lipinski definition) is 3. The highest BCUT2D eigenvalue weighted by atomic mass is 17.3. The molecule has 6 fully saturated rings. The van der Waals surface area contributed by atoms with Gasteiger partial charge >= 0.3 is 0 Å². The van der Waals surface area contributed by atoms with Crippen LogP contribution in [-0.2, 0) is 25.0 Å². The number of rotatable bonds is 5. The molecule has 0 amide bonds. The van der Waals surface area contributed by atoms with Crippen LogP contribution in [0.5, 0.6) is 5.75 Å². The van der Waals surface area contributed by atoms with Crippen molar-refractivity contribution in [3.05, 3.63) is 29.8 Å². The van der Waals surface area contributed by atoms with Gasteiger partial charge in [0, 0.05) is 12.7 Å². The maximum Gasteiger partial charge on any atom is 0.260 e. The number of methoxy groups -OCH3 is 1. The molecule has 8 nitrogen and oxygen atoms in total. The van der Waals surface area contributed by atoms with E-state index in [4.69, 9.17) is 24.0 Å². The fourth-order valence-corrected chi connectivity index (χ4v) is 7.62. The molecule has 4 aliphatic carbocycles. The highest BCUT2D eigenvalue weighted by Crippen LogP contribution is 2.69. The summed E-state index contributed by atoms with van der Waals surface area (Å²) in [6, 6.07) is 7.42. The summed E-state index contributed by atoms with van der Waals surface area (Å²) in [5, 5.41) is 30.8. The third-order valence-corrected chi connectivity index (χ3v) is 8.99. The molecule has 1 aromatic carbocycles. The van der Waals surface area contributed by atoms with Gasteiger partial charge in [-0.1, -0.05) is 19.1 Å². The minimum atomic E-state index is -1.37. The highest BCUT2D eigenvalue weighted by molar-refractivity contribution is 5.36. The number of aliphatic hydroxyl groups is 3. The van der Waals surface area contributed by atoms with Crippen LogP contribution in [-0.4, -0.2) is 58.7 Å². The molecule has 2 saturated heterocycles. The zero-order chi connectivity index (χ0) is 23.0. The van der Waals surface area contributed by atoms with E-state index in [0.29, 0.717) is 24.0 Å². The molecule has 2 aliphatic heterocycles. The van der Waals surface area contributed by atoms with Crippen molar-refractivity contribution >= 4 is 0 Å². The minimum Gasteiger partial charge on any atom is -0.462 e. The Bertz CT molecular complexity index is 857. The van der Waals surface area contributed by atoms with Crippen LogP contribution in [0.2, 0.25) is 0 Å². The first-order valence-corrected chi connectivity index (χ1v) is 12.3. The van der Waals surface area contributed by atoms with E-state index in [2.05, 4.69) is 0 Å². The predicted octanol–water partition coefficient (Wildman–Crippen LogP) is 2.24. The first-order chi connectivity index (χ1) is 15.9. The van der Waals surface area contributed by atoms with Gasteiger partial charge in [0.25, 0.3) is 5.79 Å². The molecule has 0 aromatic heterocycles. The van der Waals surface area contributed by atoms with Gasteiger partial charge in [0.05, 0.1) is 6.10 Å². The quantitative estimate of drug-likeness (QED) is 0.572. The summed E-state index contributed by atoms with van der Waals surface area (Å²) in [7, 11) is 1.67. The molecule has 33 heavy (non-hydrogen) atoms. The van der Waals surface area contributed by atoms with Gasteiger partial charge in [-0.3, -0.25) is 0 Å². The number of benzene rings is 1. The van der Waals surface area contributed by atoms with Gasteiger partial charge in [-0.25, -0.2) is 4.89 Å². The van der Waals surface area contributed by atoms with Crippen molar-refractivity contribution in [2.45, 2.75) is 87.5 Å². The molecule has 0 radical (unpaired) electrons. The maximum absolute atomic E-state index is 10.4. The first-order valence-electron chi connectivity index (χ1n) is 12.3. The average molecular weight is 463 g/mol. The smallest absolute Gasteiger partial charge is 0.260 e. The van der Waals surface area contributed by atoms with Crippen LogP contribution in [0.3, 0.4) is 0 Å². The number of hydrogen-bond acceptors (Lipinski definition) is 8. The van der Waals surface area contributed by atoms with Crippen molar-refractivity contribution in [1.82, 2.24) is 0 Å². The first kappa shape index (κ1) is 22.2. The standard InChI is InChI=1S/C25H34O8/c1-3-19-20(26)21(27)22(28)23(31-19)30-18-6-4-5-15(12-18)25(29-2)24(32-33-25)16-8-13-7-14(10-16)11-17(24)9-13/h4-6,12-14,16-17,19-23,26-28H,3,7-11H2,1-2H3. The van der Waals surface area contributed by atoms with E-state index in [0.717, 1.165) is 43.1 Å². The average Bonchev–Trinajstić information content (AvgIpc) is 2.79. The lowest BCUT2D eigenvalue weighted by Crippen LogP contribution is -2.76. The van der Waals surface area contributed by atoms with Crippen molar-refractivity contribution in [2.24, 2.45) is 23.7 Å². The van der Waals surface area contributed by atoms with E-state index < -0.39 is 42.1 Å². The lowest BCUT2D eigenvalue weighted by molar-refractivity contribution is -0.645. The largest absolute Gasteiger partial charge is 0.462 e. The molecule has 6 unspecified atom stereocenters. The minimum absolute atomic E-state index is 0.400. The summed E-state index contributed by atoms with van der Waals surface area (Å²) in [6.07, 6.45) is 0.825. The highest BCUT2D eigenvalue weighted by Gasteiger charge is 2.76. The summed E-state index contributed by atoms with van der Waals surface area (Å²) >= 11 is 0. The molecule has 2 heterocycles. The molecule has 182 valence electrons. The van der Waals surface area contributed by atoms with Gasteiger partial charge < -0.3 is 29.5 Å². The van der Waals surface area contributed by atoms with Crippen LogP contribution in [0.1, 0.15) is 51.0 Å². The van der Waals surface area contributed by atoms with Gasteiger partial charge in [0.1, 0.15) is 24.1 Å². The normalized spacial score (nSPS) is 50.4. The molecule has 7 rings (SSSR count). The molecule has 1 spiro atoms. The Hall–Kier alpha value is -1.26. The molecule has 1 aromatic rings. The van der Waals surface area contributed by atoms with Gasteiger partial charge in [-0.2, -0.15) is 4.89 Å². The van der Waals surface area contributed by atoms with Gasteiger partial charge in [-0.05, 0) is 74.3 Å². The zero-order valence-corrected chi connectivity index (χ0v) is 19.1. The molecule has 8 heteroatoms. The zero-order valence-electron chi connectivity index (χ0n) is 19.1. The number of aliphatic hydroxyl groups excluding tert-OH is 3. The Morgan fingerprint density at radius 1 is 0.939 bits per heavy atom. The molecule has 4 bridgehead atoms. The van der Waals surface area contributed by atoms with E-state index >= 15 is 0 Å². The van der Waals surface area contributed by atoms with Crippen molar-refractivity contribution in [3.63, 3.8) is 0 Å². The molecule has 3 N–H and O–H groups in total. The van der Waals surface area contributed by atoms with E-state index in [9.17, 15) is 15.3 Å². The Labute approximate surface area is 193 Å². The third kappa shape index (κ3) is 3.02. The Balaban J connectivity index is 1.29. The topological polar surface area (TPSA) is 107 Å². The third-order valence-electron chi connectivity index (χ3n) is 8.99. The van der Waals surface area contributed by atoms with Gasteiger partial charge in [0.2, 0.25) is 6.29 Å². The van der Waals surface area contributed by atoms with Crippen LogP contribution >= 0.6 is 0 Å². The van der Waals surface area contributed by atoms with Crippen LogP contribution in [0.15, 0.2) is 24.3 Å². The second kappa shape index (κ2) is 7.88. The van der Waals surface area contributed by atoms with Crippen molar-refractivity contribution in [1.29, 1.82) is 0 Å². The van der Waals surface area contributed by atoms with Crippen molar-refractivity contribution in [3.8, 4) is 5.75 Å². The van der Waals surface area contributed by atoms with Crippen LogP contribution in [0, 0.1) is 23.7 Å². The lowest BCUT2D eigenvalue weighted by atomic mass is 9.47. The van der Waals surface area contributed by atoms with E-state index in [1.54, 1.807) is 13.2 Å². The summed E-state index contributed by atoms with van der Waals surface area (Å²) in [5.41, 5.74) is 0.307. The predicted molar refractivity (Wildman–Crippen MR) is 115 cm³/mol. The van der Waals surface area contributed by atoms with Crippen molar-refractivity contribution in [2.75, 3.05) is 7.11 Å². The Morgan fingerprint density at radius 3 is 2.21 bits per heavy atom. The van der Waals surface area contributed by atoms with Crippen LogP contribution < -0.4 is 4.74 Å².